The lowest BCUT2D eigenvalue weighted by atomic mass is 10.0. The van der Waals surface area contributed by atoms with Gasteiger partial charge in [-0.1, -0.05) is 19.0 Å². The molecule has 6 heteroatoms. The Hall–Kier alpha value is -2.37. The lowest BCUT2D eigenvalue weighted by Gasteiger charge is -2.08. The van der Waals surface area contributed by atoms with E-state index in [9.17, 15) is 9.18 Å². The molecule has 0 spiro atoms. The number of hydrogen-bond acceptors (Lipinski definition) is 4. The van der Waals surface area contributed by atoms with Gasteiger partial charge in [0.2, 0.25) is 0 Å². The monoisotopic (exact) mass is 334 g/mol. The fourth-order valence-electron chi connectivity index (χ4n) is 2.30. The Bertz CT molecular complexity index is 665. The molecule has 0 radical (unpaired) electrons. The third-order valence-corrected chi connectivity index (χ3v) is 3.58. The van der Waals surface area contributed by atoms with Gasteiger partial charge in [-0.05, 0) is 44.0 Å². The summed E-state index contributed by atoms with van der Waals surface area (Å²) >= 11 is 0. The number of nitrogens with zero attached hydrogens (tertiary/aromatic N) is 1. The maximum absolute atomic E-state index is 12.8. The van der Waals surface area contributed by atoms with Crippen molar-refractivity contribution in [2.75, 3.05) is 13.2 Å². The first-order chi connectivity index (χ1) is 11.5. The Kier molecular flexibility index (Phi) is 6.35. The summed E-state index contributed by atoms with van der Waals surface area (Å²) in [7, 11) is 0. The molecule has 0 unspecified atom stereocenters. The normalized spacial score (nSPS) is 10.9. The van der Waals surface area contributed by atoms with Crippen molar-refractivity contribution in [2.45, 2.75) is 39.5 Å². The standard InChI is InChI=1S/C18H23FN2O3/c1-12(2)17-16(13(3)21-24-17)18(22)20-10-4-5-11-23-15-8-6-14(19)7-9-15/h6-9,12H,4-5,10-11H2,1-3H3,(H,20,22). The van der Waals surface area contributed by atoms with Gasteiger partial charge in [0.25, 0.3) is 5.91 Å². The smallest absolute Gasteiger partial charge is 0.256 e. The van der Waals surface area contributed by atoms with E-state index in [2.05, 4.69) is 10.5 Å². The Morgan fingerprint density at radius 2 is 2.00 bits per heavy atom. The third kappa shape index (κ3) is 4.81. The van der Waals surface area contributed by atoms with Gasteiger partial charge in [-0.25, -0.2) is 4.39 Å². The minimum absolute atomic E-state index is 0.107. The number of hydrogen-bond donors (Lipinski definition) is 1. The van der Waals surface area contributed by atoms with Gasteiger partial charge in [0.1, 0.15) is 17.1 Å². The Morgan fingerprint density at radius 1 is 1.29 bits per heavy atom. The molecule has 1 amide bonds. The fourth-order valence-corrected chi connectivity index (χ4v) is 2.30. The van der Waals surface area contributed by atoms with Crippen LogP contribution < -0.4 is 10.1 Å². The number of aromatic nitrogens is 1. The third-order valence-electron chi connectivity index (χ3n) is 3.58. The van der Waals surface area contributed by atoms with Crippen LogP contribution in [0.25, 0.3) is 0 Å². The number of ether oxygens (including phenoxy) is 1. The second kappa shape index (κ2) is 8.47. The van der Waals surface area contributed by atoms with Crippen LogP contribution in [-0.2, 0) is 0 Å². The van der Waals surface area contributed by atoms with Gasteiger partial charge in [0.05, 0.1) is 12.3 Å². The number of carbonyl (C=O) groups excluding carboxylic acids is 1. The summed E-state index contributed by atoms with van der Waals surface area (Å²) in [6, 6.07) is 5.92. The van der Waals surface area contributed by atoms with E-state index in [1.807, 2.05) is 13.8 Å². The van der Waals surface area contributed by atoms with Gasteiger partial charge in [0, 0.05) is 12.5 Å². The van der Waals surface area contributed by atoms with Crippen LogP contribution in [-0.4, -0.2) is 24.2 Å². The molecule has 1 aromatic heterocycles. The topological polar surface area (TPSA) is 64.4 Å². The van der Waals surface area contributed by atoms with E-state index >= 15 is 0 Å². The van der Waals surface area contributed by atoms with Crippen molar-refractivity contribution in [2.24, 2.45) is 0 Å². The molecule has 2 aromatic rings. The molecular weight excluding hydrogens is 311 g/mol. The Morgan fingerprint density at radius 3 is 2.67 bits per heavy atom. The predicted molar refractivity (Wildman–Crippen MR) is 88.8 cm³/mol. The summed E-state index contributed by atoms with van der Waals surface area (Å²) in [5.74, 6) is 0.926. The van der Waals surface area contributed by atoms with Crippen molar-refractivity contribution in [3.63, 3.8) is 0 Å². The lowest BCUT2D eigenvalue weighted by Crippen LogP contribution is -2.26. The van der Waals surface area contributed by atoms with Gasteiger partial charge in [0.15, 0.2) is 5.76 Å². The summed E-state index contributed by atoms with van der Waals surface area (Å²) in [4.78, 5) is 12.3. The largest absolute Gasteiger partial charge is 0.494 e. The van der Waals surface area contributed by atoms with Crippen LogP contribution in [0.2, 0.25) is 0 Å². The molecule has 24 heavy (non-hydrogen) atoms. The molecule has 0 aliphatic heterocycles. The van der Waals surface area contributed by atoms with E-state index in [1.54, 1.807) is 19.1 Å². The zero-order valence-electron chi connectivity index (χ0n) is 14.3. The van der Waals surface area contributed by atoms with Crippen molar-refractivity contribution in [3.05, 3.63) is 47.1 Å². The van der Waals surface area contributed by atoms with Gasteiger partial charge >= 0.3 is 0 Å². The number of halogens is 1. The maximum Gasteiger partial charge on any atom is 0.256 e. The summed E-state index contributed by atoms with van der Waals surface area (Å²) in [5, 5.41) is 6.76. The van der Waals surface area contributed by atoms with Crippen LogP contribution in [0.1, 0.15) is 54.4 Å². The molecule has 1 heterocycles. The van der Waals surface area contributed by atoms with Gasteiger partial charge in [-0.3, -0.25) is 4.79 Å². The fraction of sp³-hybridized carbons (Fsp3) is 0.444. The van der Waals surface area contributed by atoms with Crippen molar-refractivity contribution >= 4 is 5.91 Å². The second-order valence-electron chi connectivity index (χ2n) is 5.93. The zero-order valence-corrected chi connectivity index (χ0v) is 14.3. The van der Waals surface area contributed by atoms with Gasteiger partial charge in [-0.15, -0.1) is 0 Å². The average molecular weight is 334 g/mol. The first-order valence-electron chi connectivity index (χ1n) is 8.11. The SMILES string of the molecule is Cc1noc(C(C)C)c1C(=O)NCCCCOc1ccc(F)cc1. The summed E-state index contributed by atoms with van der Waals surface area (Å²) in [5.41, 5.74) is 1.14. The Labute approximate surface area is 141 Å². The zero-order chi connectivity index (χ0) is 17.5. The molecule has 0 saturated carbocycles. The van der Waals surface area contributed by atoms with Crippen molar-refractivity contribution < 1.29 is 18.4 Å². The van der Waals surface area contributed by atoms with E-state index < -0.39 is 0 Å². The van der Waals surface area contributed by atoms with E-state index in [0.717, 1.165) is 12.8 Å². The van der Waals surface area contributed by atoms with Crippen molar-refractivity contribution in [1.29, 1.82) is 0 Å². The molecule has 0 fully saturated rings. The summed E-state index contributed by atoms with van der Waals surface area (Å²) in [6.07, 6.45) is 1.57. The van der Waals surface area contributed by atoms with Crippen LogP contribution in [0.3, 0.4) is 0 Å². The number of nitrogens with one attached hydrogen (secondary N) is 1. The molecule has 1 N–H and O–H groups in total. The van der Waals surface area contributed by atoms with E-state index in [4.69, 9.17) is 9.26 Å². The number of carbonyl (C=O) groups is 1. The van der Waals surface area contributed by atoms with Crippen LogP contribution in [0.4, 0.5) is 4.39 Å². The molecule has 0 bridgehead atoms. The molecule has 1 aromatic carbocycles. The van der Waals surface area contributed by atoms with Crippen LogP contribution in [0.15, 0.2) is 28.8 Å². The number of benzene rings is 1. The maximum atomic E-state index is 12.8. The molecule has 0 saturated heterocycles. The average Bonchev–Trinajstić information content (AvgIpc) is 2.94. The minimum atomic E-state index is -0.283. The predicted octanol–water partition coefficient (Wildman–Crippen LogP) is 3.83. The highest BCUT2D eigenvalue weighted by atomic mass is 19.1. The first kappa shape index (κ1) is 18.0. The molecule has 130 valence electrons. The molecule has 0 aliphatic rings. The van der Waals surface area contributed by atoms with E-state index in [0.29, 0.717) is 35.9 Å². The van der Waals surface area contributed by atoms with Crippen LogP contribution >= 0.6 is 0 Å². The first-order valence-corrected chi connectivity index (χ1v) is 8.11. The highest BCUT2D eigenvalue weighted by Gasteiger charge is 2.21. The van der Waals surface area contributed by atoms with E-state index in [1.165, 1.54) is 12.1 Å². The highest BCUT2D eigenvalue weighted by Crippen LogP contribution is 2.22. The molecular formula is C18H23FN2O3. The van der Waals surface area contributed by atoms with Gasteiger partial charge < -0.3 is 14.6 Å². The molecule has 0 atom stereocenters. The van der Waals surface area contributed by atoms with Crippen LogP contribution in [0, 0.1) is 12.7 Å². The summed E-state index contributed by atoms with van der Waals surface area (Å²) < 4.78 is 23.5. The second-order valence-corrected chi connectivity index (χ2v) is 5.93. The molecule has 0 aliphatic carbocycles. The minimum Gasteiger partial charge on any atom is -0.494 e. The van der Waals surface area contributed by atoms with Gasteiger partial charge in [-0.2, -0.15) is 0 Å². The lowest BCUT2D eigenvalue weighted by molar-refractivity contribution is 0.0949. The van der Waals surface area contributed by atoms with Crippen LogP contribution in [0.5, 0.6) is 5.75 Å². The van der Waals surface area contributed by atoms with Crippen molar-refractivity contribution in [1.82, 2.24) is 10.5 Å². The number of rotatable bonds is 8. The van der Waals surface area contributed by atoms with Crippen molar-refractivity contribution in [3.8, 4) is 5.75 Å². The Balaban J connectivity index is 1.70. The number of amides is 1. The number of unbranched alkanes of at least 4 members (excludes halogenated alkanes) is 1. The highest BCUT2D eigenvalue weighted by molar-refractivity contribution is 5.96. The molecule has 2 rings (SSSR count). The quantitative estimate of drug-likeness (QED) is 0.745. The summed E-state index contributed by atoms with van der Waals surface area (Å²) in [6.45, 7) is 6.76. The number of aryl methyl sites for hydroxylation is 1. The molecule has 5 nitrogen and oxygen atoms in total. The van der Waals surface area contributed by atoms with E-state index in [-0.39, 0.29) is 17.6 Å².